The van der Waals surface area contributed by atoms with Crippen LogP contribution in [0.3, 0.4) is 0 Å². The van der Waals surface area contributed by atoms with Crippen molar-refractivity contribution in [3.05, 3.63) is 18.0 Å². The van der Waals surface area contributed by atoms with Gasteiger partial charge in [0.05, 0.1) is 6.20 Å². The highest BCUT2D eigenvalue weighted by atomic mass is 15.3. The van der Waals surface area contributed by atoms with Crippen LogP contribution >= 0.6 is 0 Å². The molecule has 1 aliphatic rings. The van der Waals surface area contributed by atoms with Crippen LogP contribution in [0.2, 0.25) is 0 Å². The predicted octanol–water partition coefficient (Wildman–Crippen LogP) is 2.50. The van der Waals surface area contributed by atoms with Crippen LogP contribution in [0, 0.1) is 5.92 Å². The molecule has 1 atom stereocenters. The van der Waals surface area contributed by atoms with Gasteiger partial charge in [-0.25, -0.2) is 0 Å². The lowest BCUT2D eigenvalue weighted by Crippen LogP contribution is -2.38. The molecule has 0 bridgehead atoms. The normalized spacial score (nSPS) is 19.4. The van der Waals surface area contributed by atoms with E-state index in [2.05, 4.69) is 47.0 Å². The number of aromatic nitrogens is 2. The Bertz CT molecular complexity index is 380. The molecule has 0 radical (unpaired) electrons. The lowest BCUT2D eigenvalue weighted by atomic mass is 10.1. The second-order valence-corrected chi connectivity index (χ2v) is 6.49. The molecule has 1 unspecified atom stereocenters. The first kappa shape index (κ1) is 15.5. The summed E-state index contributed by atoms with van der Waals surface area (Å²) in [6, 6.07) is 0.680. The molecule has 0 spiro atoms. The number of nitrogens with one attached hydrogen (secondary N) is 1. The third-order valence-corrected chi connectivity index (χ3v) is 3.81. The van der Waals surface area contributed by atoms with E-state index < -0.39 is 0 Å². The maximum atomic E-state index is 4.44. The van der Waals surface area contributed by atoms with Crippen molar-refractivity contribution < 1.29 is 0 Å². The third kappa shape index (κ3) is 4.91. The smallest absolute Gasteiger partial charge is 0.0534 e. The van der Waals surface area contributed by atoms with Crippen molar-refractivity contribution in [2.24, 2.45) is 5.92 Å². The SMILES string of the molecule is CCCn1cc(CN(CC(C)C)CC2CCCN2)cn1. The molecule has 4 nitrogen and oxygen atoms in total. The van der Waals surface area contributed by atoms with Gasteiger partial charge in [0, 0.05) is 44.0 Å². The van der Waals surface area contributed by atoms with Gasteiger partial charge in [-0.2, -0.15) is 5.10 Å². The van der Waals surface area contributed by atoms with Crippen LogP contribution < -0.4 is 5.32 Å². The van der Waals surface area contributed by atoms with Gasteiger partial charge < -0.3 is 5.32 Å². The van der Waals surface area contributed by atoms with E-state index in [1.807, 2.05) is 6.20 Å². The fourth-order valence-corrected chi connectivity index (χ4v) is 3.04. The molecule has 1 fully saturated rings. The van der Waals surface area contributed by atoms with E-state index in [0.29, 0.717) is 12.0 Å². The highest BCUT2D eigenvalue weighted by Crippen LogP contribution is 2.12. The van der Waals surface area contributed by atoms with Crippen molar-refractivity contribution in [2.45, 2.75) is 59.2 Å². The van der Waals surface area contributed by atoms with Crippen LogP contribution in [0.4, 0.5) is 0 Å². The van der Waals surface area contributed by atoms with Crippen LogP contribution in [-0.4, -0.2) is 40.4 Å². The van der Waals surface area contributed by atoms with Gasteiger partial charge in [0.15, 0.2) is 0 Å². The minimum Gasteiger partial charge on any atom is -0.313 e. The van der Waals surface area contributed by atoms with Crippen molar-refractivity contribution in [2.75, 3.05) is 19.6 Å². The van der Waals surface area contributed by atoms with E-state index in [0.717, 1.165) is 32.6 Å². The standard InChI is InChI=1S/C16H30N4/c1-4-8-20-12-15(9-18-20)11-19(10-14(2)3)13-16-6-5-7-17-16/h9,12,14,16-17H,4-8,10-11,13H2,1-3H3. The van der Waals surface area contributed by atoms with Crippen molar-refractivity contribution in [3.8, 4) is 0 Å². The molecule has 4 heteroatoms. The molecule has 114 valence electrons. The van der Waals surface area contributed by atoms with Gasteiger partial charge in [0.25, 0.3) is 0 Å². The highest BCUT2D eigenvalue weighted by molar-refractivity contribution is 5.04. The summed E-state index contributed by atoms with van der Waals surface area (Å²) in [6.07, 6.45) is 8.03. The first-order valence-corrected chi connectivity index (χ1v) is 8.14. The van der Waals surface area contributed by atoms with Gasteiger partial charge >= 0.3 is 0 Å². The van der Waals surface area contributed by atoms with Crippen molar-refractivity contribution in [1.29, 1.82) is 0 Å². The fourth-order valence-electron chi connectivity index (χ4n) is 3.04. The minimum absolute atomic E-state index is 0.680. The number of hydrogen-bond acceptors (Lipinski definition) is 3. The summed E-state index contributed by atoms with van der Waals surface area (Å²) >= 11 is 0. The molecule has 2 rings (SSSR count). The molecule has 0 saturated carbocycles. The minimum atomic E-state index is 0.680. The third-order valence-electron chi connectivity index (χ3n) is 3.81. The Labute approximate surface area is 123 Å². The molecule has 1 saturated heterocycles. The molecule has 0 amide bonds. The molecule has 2 heterocycles. The fraction of sp³-hybridized carbons (Fsp3) is 0.812. The van der Waals surface area contributed by atoms with E-state index in [1.165, 1.54) is 24.9 Å². The molecule has 0 aromatic carbocycles. The van der Waals surface area contributed by atoms with Crippen molar-refractivity contribution in [3.63, 3.8) is 0 Å². The Morgan fingerprint density at radius 1 is 1.50 bits per heavy atom. The monoisotopic (exact) mass is 278 g/mol. The van der Waals surface area contributed by atoms with Gasteiger partial charge in [-0.3, -0.25) is 9.58 Å². The van der Waals surface area contributed by atoms with Gasteiger partial charge in [-0.15, -0.1) is 0 Å². The second-order valence-electron chi connectivity index (χ2n) is 6.49. The van der Waals surface area contributed by atoms with E-state index >= 15 is 0 Å². The zero-order valence-electron chi connectivity index (χ0n) is 13.3. The van der Waals surface area contributed by atoms with Gasteiger partial charge in [0.1, 0.15) is 0 Å². The molecule has 1 aromatic heterocycles. The maximum Gasteiger partial charge on any atom is 0.0534 e. The summed E-state index contributed by atoms with van der Waals surface area (Å²) < 4.78 is 2.07. The average Bonchev–Trinajstić information content (AvgIpc) is 3.01. The number of aryl methyl sites for hydroxylation is 1. The predicted molar refractivity (Wildman–Crippen MR) is 83.7 cm³/mol. The number of rotatable bonds is 8. The summed E-state index contributed by atoms with van der Waals surface area (Å²) in [6.45, 7) is 12.4. The van der Waals surface area contributed by atoms with Crippen LogP contribution in [0.15, 0.2) is 12.4 Å². The van der Waals surface area contributed by atoms with Crippen LogP contribution in [0.1, 0.15) is 45.6 Å². The van der Waals surface area contributed by atoms with Crippen molar-refractivity contribution >= 4 is 0 Å². The molecular formula is C16H30N4. The van der Waals surface area contributed by atoms with E-state index in [1.54, 1.807) is 0 Å². The largest absolute Gasteiger partial charge is 0.313 e. The maximum absolute atomic E-state index is 4.44. The van der Waals surface area contributed by atoms with Gasteiger partial charge in [0.2, 0.25) is 0 Å². The molecule has 0 aliphatic carbocycles. The molecule has 1 aliphatic heterocycles. The Morgan fingerprint density at radius 3 is 3.00 bits per heavy atom. The van der Waals surface area contributed by atoms with Crippen LogP contribution in [0.25, 0.3) is 0 Å². The molecule has 20 heavy (non-hydrogen) atoms. The Balaban J connectivity index is 1.90. The molecule has 1 aromatic rings. The summed E-state index contributed by atoms with van der Waals surface area (Å²) in [5, 5.41) is 8.05. The lowest BCUT2D eigenvalue weighted by Gasteiger charge is -2.26. The molecule has 1 N–H and O–H groups in total. The lowest BCUT2D eigenvalue weighted by molar-refractivity contribution is 0.216. The van der Waals surface area contributed by atoms with Crippen LogP contribution in [-0.2, 0) is 13.1 Å². The zero-order chi connectivity index (χ0) is 14.4. The summed E-state index contributed by atoms with van der Waals surface area (Å²) in [5.41, 5.74) is 1.34. The first-order valence-electron chi connectivity index (χ1n) is 8.14. The van der Waals surface area contributed by atoms with Gasteiger partial charge in [-0.05, 0) is 31.7 Å². The summed E-state index contributed by atoms with van der Waals surface area (Å²) in [7, 11) is 0. The van der Waals surface area contributed by atoms with Gasteiger partial charge in [-0.1, -0.05) is 20.8 Å². The topological polar surface area (TPSA) is 33.1 Å². The number of hydrogen-bond donors (Lipinski definition) is 1. The number of nitrogens with zero attached hydrogens (tertiary/aromatic N) is 3. The first-order chi connectivity index (χ1) is 9.67. The Kier molecular flexibility index (Phi) is 6.05. The van der Waals surface area contributed by atoms with E-state index in [-0.39, 0.29) is 0 Å². The summed E-state index contributed by atoms with van der Waals surface area (Å²) in [4.78, 5) is 2.58. The average molecular weight is 278 g/mol. The summed E-state index contributed by atoms with van der Waals surface area (Å²) in [5.74, 6) is 0.710. The quantitative estimate of drug-likeness (QED) is 0.793. The van der Waals surface area contributed by atoms with Crippen LogP contribution in [0.5, 0.6) is 0 Å². The zero-order valence-corrected chi connectivity index (χ0v) is 13.3. The highest BCUT2D eigenvalue weighted by Gasteiger charge is 2.19. The Hall–Kier alpha value is -0.870. The van der Waals surface area contributed by atoms with E-state index in [9.17, 15) is 0 Å². The second kappa shape index (κ2) is 7.79. The molecular weight excluding hydrogens is 248 g/mol. The van der Waals surface area contributed by atoms with E-state index in [4.69, 9.17) is 0 Å². The Morgan fingerprint density at radius 2 is 2.35 bits per heavy atom. The van der Waals surface area contributed by atoms with Crippen molar-refractivity contribution in [1.82, 2.24) is 20.0 Å².